The Morgan fingerprint density at radius 1 is 1.10 bits per heavy atom. The average molecular weight is 354 g/mol. The van der Waals surface area contributed by atoms with Crippen LogP contribution in [0, 0.1) is 11.8 Å². The highest BCUT2D eigenvalue weighted by Gasteiger charge is 2.13. The van der Waals surface area contributed by atoms with Crippen LogP contribution in [0.5, 0.6) is 0 Å². The zero-order valence-corrected chi connectivity index (χ0v) is 15.3. The average Bonchev–Trinajstić information content (AvgIpc) is 2.41. The highest BCUT2D eigenvalue weighted by atomic mass is 79.9. The quantitative estimate of drug-likeness (QED) is 0.580. The summed E-state index contributed by atoms with van der Waals surface area (Å²) in [4.78, 5) is 14.7. The summed E-state index contributed by atoms with van der Waals surface area (Å²) in [6.45, 7) is 11.5. The Morgan fingerprint density at radius 3 is 2.14 bits per heavy atom. The maximum Gasteiger partial charge on any atom is 0.176 e. The molecule has 0 aliphatic carbocycles. The van der Waals surface area contributed by atoms with E-state index >= 15 is 0 Å². The number of hydrogen-bond donors (Lipinski definition) is 0. The zero-order valence-electron chi connectivity index (χ0n) is 13.7. The van der Waals surface area contributed by atoms with Crippen LogP contribution < -0.4 is 0 Å². The monoisotopic (exact) mass is 353 g/mol. The lowest BCUT2D eigenvalue weighted by molar-refractivity contribution is 0.0923. The highest BCUT2D eigenvalue weighted by molar-refractivity contribution is 9.10. The smallest absolute Gasteiger partial charge is 0.176 e. The van der Waals surface area contributed by atoms with Gasteiger partial charge in [0.2, 0.25) is 0 Å². The van der Waals surface area contributed by atoms with E-state index in [0.717, 1.165) is 36.0 Å². The van der Waals surface area contributed by atoms with Crippen molar-refractivity contribution in [2.75, 3.05) is 19.6 Å². The van der Waals surface area contributed by atoms with Gasteiger partial charge in [0.05, 0.1) is 6.54 Å². The van der Waals surface area contributed by atoms with Gasteiger partial charge in [-0.1, -0.05) is 55.8 Å². The van der Waals surface area contributed by atoms with Crippen molar-refractivity contribution in [3.63, 3.8) is 0 Å². The molecule has 0 atom stereocenters. The van der Waals surface area contributed by atoms with Crippen LogP contribution in [0.1, 0.15) is 50.9 Å². The minimum absolute atomic E-state index is 0.212. The normalized spacial score (nSPS) is 11.6. The summed E-state index contributed by atoms with van der Waals surface area (Å²) in [6.07, 6.45) is 2.29. The molecule has 118 valence electrons. The molecule has 0 bridgehead atoms. The largest absolute Gasteiger partial charge is 0.296 e. The van der Waals surface area contributed by atoms with E-state index in [2.05, 4.69) is 48.5 Å². The lowest BCUT2D eigenvalue weighted by Gasteiger charge is -2.23. The van der Waals surface area contributed by atoms with Gasteiger partial charge < -0.3 is 0 Å². The maximum absolute atomic E-state index is 12.4. The number of carbonyl (C=O) groups is 1. The molecule has 0 heterocycles. The number of rotatable bonds is 9. The van der Waals surface area contributed by atoms with E-state index in [1.54, 1.807) is 0 Å². The first kappa shape index (κ1) is 18.4. The molecular formula is C18H28BrNO. The summed E-state index contributed by atoms with van der Waals surface area (Å²) in [5.41, 5.74) is 0.795. The molecule has 0 fully saturated rings. The third-order valence-electron chi connectivity index (χ3n) is 3.56. The van der Waals surface area contributed by atoms with Gasteiger partial charge in [-0.05, 0) is 49.9 Å². The first-order valence-electron chi connectivity index (χ1n) is 7.89. The van der Waals surface area contributed by atoms with Crippen LogP contribution in [-0.2, 0) is 0 Å². The Morgan fingerprint density at radius 2 is 1.67 bits per heavy atom. The van der Waals surface area contributed by atoms with E-state index in [9.17, 15) is 4.79 Å². The highest BCUT2D eigenvalue weighted by Crippen LogP contribution is 2.13. The molecule has 1 rings (SSSR count). The van der Waals surface area contributed by atoms with Crippen molar-refractivity contribution in [3.05, 3.63) is 34.3 Å². The van der Waals surface area contributed by atoms with Crippen molar-refractivity contribution in [1.82, 2.24) is 4.90 Å². The summed E-state index contributed by atoms with van der Waals surface area (Å²) in [5.74, 6) is 1.56. The van der Waals surface area contributed by atoms with Gasteiger partial charge in [0.25, 0.3) is 0 Å². The predicted octanol–water partition coefficient (Wildman–Crippen LogP) is 5.03. The van der Waals surface area contributed by atoms with Gasteiger partial charge >= 0.3 is 0 Å². The van der Waals surface area contributed by atoms with E-state index < -0.39 is 0 Å². The summed E-state index contributed by atoms with van der Waals surface area (Å²) in [5, 5.41) is 0. The molecule has 0 saturated carbocycles. The fraction of sp³-hybridized carbons (Fsp3) is 0.611. The fourth-order valence-corrected chi connectivity index (χ4v) is 2.51. The van der Waals surface area contributed by atoms with Crippen molar-refractivity contribution < 1.29 is 4.79 Å². The summed E-state index contributed by atoms with van der Waals surface area (Å²) >= 11 is 3.43. The first-order chi connectivity index (χ1) is 9.88. The van der Waals surface area contributed by atoms with Gasteiger partial charge in [-0.15, -0.1) is 0 Å². The lowest BCUT2D eigenvalue weighted by atomic mass is 10.1. The Labute approximate surface area is 138 Å². The third-order valence-corrected chi connectivity index (χ3v) is 4.05. The molecule has 0 saturated heterocycles. The molecule has 3 heteroatoms. The Hall–Kier alpha value is -0.670. The van der Waals surface area contributed by atoms with Crippen LogP contribution in [0.15, 0.2) is 28.7 Å². The number of nitrogens with zero attached hydrogens (tertiary/aromatic N) is 1. The van der Waals surface area contributed by atoms with E-state index in [4.69, 9.17) is 0 Å². The number of ketones is 1. The van der Waals surface area contributed by atoms with Crippen molar-refractivity contribution in [2.24, 2.45) is 11.8 Å². The molecular weight excluding hydrogens is 326 g/mol. The van der Waals surface area contributed by atoms with E-state index in [1.165, 1.54) is 0 Å². The fourth-order valence-electron chi connectivity index (χ4n) is 2.11. The lowest BCUT2D eigenvalue weighted by Crippen LogP contribution is -2.33. The van der Waals surface area contributed by atoms with Gasteiger partial charge in [0.1, 0.15) is 0 Å². The number of Topliss-reactive ketones (excluding diaryl/α,β-unsaturated/α-hetero) is 1. The van der Waals surface area contributed by atoms with E-state index in [1.807, 2.05) is 24.3 Å². The molecule has 0 spiro atoms. The van der Waals surface area contributed by atoms with Crippen molar-refractivity contribution in [1.29, 1.82) is 0 Å². The van der Waals surface area contributed by atoms with E-state index in [0.29, 0.717) is 18.4 Å². The Kier molecular flexibility index (Phi) is 8.20. The summed E-state index contributed by atoms with van der Waals surface area (Å²) < 4.78 is 0.962. The molecule has 1 aromatic carbocycles. The van der Waals surface area contributed by atoms with Crippen LogP contribution >= 0.6 is 15.9 Å². The van der Waals surface area contributed by atoms with Gasteiger partial charge in [-0.3, -0.25) is 9.69 Å². The molecule has 0 N–H and O–H groups in total. The maximum atomic E-state index is 12.4. The minimum Gasteiger partial charge on any atom is -0.296 e. The van der Waals surface area contributed by atoms with Gasteiger partial charge in [-0.2, -0.15) is 0 Å². The van der Waals surface area contributed by atoms with Crippen LogP contribution in [0.25, 0.3) is 0 Å². The SMILES string of the molecule is CC(C)CCN(CCC(C)C)CC(=O)c1cccc(Br)c1. The van der Waals surface area contributed by atoms with Crippen molar-refractivity contribution >= 4 is 21.7 Å². The molecule has 0 aromatic heterocycles. The molecule has 1 aromatic rings. The summed E-state index contributed by atoms with van der Waals surface area (Å²) in [6, 6.07) is 7.68. The van der Waals surface area contributed by atoms with Crippen LogP contribution in [0.2, 0.25) is 0 Å². The molecule has 2 nitrogen and oxygen atoms in total. The summed E-state index contributed by atoms with van der Waals surface area (Å²) in [7, 11) is 0. The number of hydrogen-bond acceptors (Lipinski definition) is 2. The Balaban J connectivity index is 2.63. The minimum atomic E-state index is 0.212. The number of benzene rings is 1. The third kappa shape index (κ3) is 7.77. The molecule has 0 aliphatic rings. The van der Waals surface area contributed by atoms with E-state index in [-0.39, 0.29) is 5.78 Å². The first-order valence-corrected chi connectivity index (χ1v) is 8.69. The Bertz CT molecular complexity index is 431. The second-order valence-electron chi connectivity index (χ2n) is 6.57. The molecule has 0 amide bonds. The van der Waals surface area contributed by atoms with Gasteiger partial charge in [0, 0.05) is 10.0 Å². The molecule has 21 heavy (non-hydrogen) atoms. The predicted molar refractivity (Wildman–Crippen MR) is 93.8 cm³/mol. The topological polar surface area (TPSA) is 20.3 Å². The molecule has 0 aliphatic heterocycles. The van der Waals surface area contributed by atoms with Crippen LogP contribution in [-0.4, -0.2) is 30.3 Å². The van der Waals surface area contributed by atoms with Crippen LogP contribution in [0.4, 0.5) is 0 Å². The van der Waals surface area contributed by atoms with Gasteiger partial charge in [-0.25, -0.2) is 0 Å². The standard InChI is InChI=1S/C18H28BrNO/c1-14(2)8-10-20(11-9-15(3)4)13-18(21)16-6-5-7-17(19)12-16/h5-7,12,14-15H,8-11,13H2,1-4H3. The zero-order chi connectivity index (χ0) is 15.8. The molecule has 0 unspecified atom stereocenters. The van der Waals surface area contributed by atoms with Crippen molar-refractivity contribution in [3.8, 4) is 0 Å². The second kappa shape index (κ2) is 9.37. The van der Waals surface area contributed by atoms with Crippen LogP contribution in [0.3, 0.4) is 0 Å². The molecule has 0 radical (unpaired) electrons. The second-order valence-corrected chi connectivity index (χ2v) is 7.49. The number of carbonyl (C=O) groups excluding carboxylic acids is 1. The van der Waals surface area contributed by atoms with Gasteiger partial charge in [0.15, 0.2) is 5.78 Å². The number of halogens is 1. The van der Waals surface area contributed by atoms with Crippen molar-refractivity contribution in [2.45, 2.75) is 40.5 Å².